The average molecular weight is 250 g/mol. The maximum absolute atomic E-state index is 11.7. The third-order valence-electron chi connectivity index (χ3n) is 2.94. The molecule has 0 aromatic carbocycles. The molecule has 1 aromatic heterocycles. The van der Waals surface area contributed by atoms with Gasteiger partial charge in [0.1, 0.15) is 0 Å². The number of thioether (sulfide) groups is 1. The number of hydrogen-bond donors (Lipinski definition) is 1. The second-order valence-corrected chi connectivity index (χ2v) is 5.44. The van der Waals surface area contributed by atoms with E-state index in [2.05, 4.69) is 23.3 Å². The van der Waals surface area contributed by atoms with Crippen molar-refractivity contribution in [3.05, 3.63) is 29.6 Å². The van der Waals surface area contributed by atoms with Crippen molar-refractivity contribution >= 4 is 17.7 Å². The first kappa shape index (κ1) is 12.4. The Morgan fingerprint density at radius 1 is 1.65 bits per heavy atom. The summed E-state index contributed by atoms with van der Waals surface area (Å²) in [6.45, 7) is 2.05. The third kappa shape index (κ3) is 3.46. The molecule has 0 radical (unpaired) electrons. The normalized spacial score (nSPS) is 16.6. The highest BCUT2D eigenvalue weighted by Crippen LogP contribution is 2.40. The van der Waals surface area contributed by atoms with Crippen molar-refractivity contribution in [1.82, 2.24) is 10.3 Å². The molecule has 1 aromatic rings. The van der Waals surface area contributed by atoms with Crippen LogP contribution in [0.25, 0.3) is 0 Å². The fourth-order valence-electron chi connectivity index (χ4n) is 1.94. The summed E-state index contributed by atoms with van der Waals surface area (Å²) in [6.07, 6.45) is 6.15. The molecule has 1 amide bonds. The van der Waals surface area contributed by atoms with Gasteiger partial charge in [0.2, 0.25) is 5.91 Å². The molecule has 0 saturated heterocycles. The minimum atomic E-state index is 0.106. The highest BCUT2D eigenvalue weighted by atomic mass is 32.2. The van der Waals surface area contributed by atoms with Gasteiger partial charge < -0.3 is 5.32 Å². The van der Waals surface area contributed by atoms with Crippen LogP contribution in [-0.2, 0) is 4.79 Å². The summed E-state index contributed by atoms with van der Waals surface area (Å²) in [4.78, 5) is 16.1. The Morgan fingerprint density at radius 3 is 3.00 bits per heavy atom. The second-order valence-electron chi connectivity index (χ2n) is 4.57. The number of hydrogen-bond acceptors (Lipinski definition) is 3. The Hall–Kier alpha value is -1.03. The van der Waals surface area contributed by atoms with Crippen molar-refractivity contribution in [2.45, 2.75) is 25.8 Å². The lowest BCUT2D eigenvalue weighted by molar-refractivity contribution is -0.119. The van der Waals surface area contributed by atoms with Gasteiger partial charge in [-0.1, -0.05) is 0 Å². The molecule has 1 saturated carbocycles. The Bertz CT molecular complexity index is 404. The molecule has 92 valence electrons. The minimum Gasteiger partial charge on any atom is -0.347 e. The molecule has 3 nitrogen and oxygen atoms in total. The zero-order valence-electron chi connectivity index (χ0n) is 10.3. The maximum Gasteiger partial charge on any atom is 0.230 e. The smallest absolute Gasteiger partial charge is 0.230 e. The van der Waals surface area contributed by atoms with Crippen molar-refractivity contribution < 1.29 is 4.79 Å². The molecule has 17 heavy (non-hydrogen) atoms. The van der Waals surface area contributed by atoms with Gasteiger partial charge in [0.15, 0.2) is 0 Å². The van der Waals surface area contributed by atoms with Crippen LogP contribution < -0.4 is 5.32 Å². The summed E-state index contributed by atoms with van der Waals surface area (Å²) in [5, 5.41) is 3.10. The SMILES string of the molecule is CSCC(=O)N[C@@H](c1cc(C)ccn1)C1CC1. The summed E-state index contributed by atoms with van der Waals surface area (Å²) < 4.78 is 0. The maximum atomic E-state index is 11.7. The Balaban J connectivity index is 2.09. The number of aryl methyl sites for hydroxylation is 1. The van der Waals surface area contributed by atoms with Crippen molar-refractivity contribution in [3.8, 4) is 0 Å². The number of nitrogens with one attached hydrogen (secondary N) is 1. The van der Waals surface area contributed by atoms with Gasteiger partial charge >= 0.3 is 0 Å². The fourth-order valence-corrected chi connectivity index (χ4v) is 2.28. The van der Waals surface area contributed by atoms with Gasteiger partial charge in [0, 0.05) is 6.20 Å². The Kier molecular flexibility index (Phi) is 4.05. The van der Waals surface area contributed by atoms with E-state index in [9.17, 15) is 4.79 Å². The topological polar surface area (TPSA) is 42.0 Å². The van der Waals surface area contributed by atoms with E-state index in [4.69, 9.17) is 0 Å². The second kappa shape index (κ2) is 5.54. The summed E-state index contributed by atoms with van der Waals surface area (Å²) in [7, 11) is 0. The molecule has 1 fully saturated rings. The Labute approximate surface area is 106 Å². The lowest BCUT2D eigenvalue weighted by atomic mass is 10.1. The molecular formula is C13H18N2OS. The van der Waals surface area contributed by atoms with Crippen LogP contribution in [0.3, 0.4) is 0 Å². The van der Waals surface area contributed by atoms with E-state index in [0.29, 0.717) is 11.7 Å². The van der Waals surface area contributed by atoms with Crippen LogP contribution >= 0.6 is 11.8 Å². The number of carbonyl (C=O) groups is 1. The molecule has 1 aliphatic carbocycles. The van der Waals surface area contributed by atoms with Crippen LogP contribution in [0.1, 0.15) is 30.1 Å². The summed E-state index contributed by atoms with van der Waals surface area (Å²) in [5.74, 6) is 1.21. The van der Waals surface area contributed by atoms with E-state index in [1.54, 1.807) is 11.8 Å². The first-order valence-electron chi connectivity index (χ1n) is 5.91. The molecule has 1 atom stereocenters. The van der Waals surface area contributed by atoms with Gasteiger partial charge in [-0.2, -0.15) is 11.8 Å². The van der Waals surface area contributed by atoms with Crippen molar-refractivity contribution in [2.75, 3.05) is 12.0 Å². The quantitative estimate of drug-likeness (QED) is 0.872. The van der Waals surface area contributed by atoms with Gasteiger partial charge in [0.05, 0.1) is 17.5 Å². The zero-order valence-corrected chi connectivity index (χ0v) is 11.1. The predicted molar refractivity (Wildman–Crippen MR) is 71.0 cm³/mol. The van der Waals surface area contributed by atoms with Gasteiger partial charge in [-0.15, -0.1) is 0 Å². The molecule has 0 bridgehead atoms. The number of pyridine rings is 1. The molecule has 1 N–H and O–H groups in total. The van der Waals surface area contributed by atoms with Gasteiger partial charge in [0.25, 0.3) is 0 Å². The van der Waals surface area contributed by atoms with E-state index in [1.807, 2.05) is 18.5 Å². The highest BCUT2D eigenvalue weighted by Gasteiger charge is 2.34. The van der Waals surface area contributed by atoms with Crippen molar-refractivity contribution in [2.24, 2.45) is 5.92 Å². The van der Waals surface area contributed by atoms with Crippen molar-refractivity contribution in [3.63, 3.8) is 0 Å². The van der Waals surface area contributed by atoms with Crippen LogP contribution in [0.5, 0.6) is 0 Å². The molecule has 1 heterocycles. The summed E-state index contributed by atoms with van der Waals surface area (Å²) in [6, 6.07) is 4.16. The highest BCUT2D eigenvalue weighted by molar-refractivity contribution is 7.99. The van der Waals surface area contributed by atoms with Crippen LogP contribution in [-0.4, -0.2) is 22.9 Å². The number of aromatic nitrogens is 1. The fraction of sp³-hybridized carbons (Fsp3) is 0.538. The lowest BCUT2D eigenvalue weighted by Gasteiger charge is -2.17. The average Bonchev–Trinajstić information content (AvgIpc) is 3.10. The molecule has 1 aliphatic rings. The van der Waals surface area contributed by atoms with Gasteiger partial charge in [-0.3, -0.25) is 9.78 Å². The van der Waals surface area contributed by atoms with Crippen LogP contribution in [0.2, 0.25) is 0 Å². The Morgan fingerprint density at radius 2 is 2.41 bits per heavy atom. The van der Waals surface area contributed by atoms with Crippen molar-refractivity contribution in [1.29, 1.82) is 0 Å². The van der Waals surface area contributed by atoms with Crippen LogP contribution in [0.15, 0.2) is 18.3 Å². The van der Waals surface area contributed by atoms with Crippen LogP contribution in [0.4, 0.5) is 0 Å². The first-order valence-corrected chi connectivity index (χ1v) is 7.31. The van der Waals surface area contributed by atoms with E-state index in [0.717, 1.165) is 5.69 Å². The molecule has 0 spiro atoms. The number of amides is 1. The van der Waals surface area contributed by atoms with E-state index < -0.39 is 0 Å². The van der Waals surface area contributed by atoms with Gasteiger partial charge in [-0.05, 0) is 49.6 Å². The summed E-state index contributed by atoms with van der Waals surface area (Å²) >= 11 is 1.55. The van der Waals surface area contributed by atoms with E-state index in [1.165, 1.54) is 18.4 Å². The minimum absolute atomic E-state index is 0.106. The van der Waals surface area contributed by atoms with E-state index in [-0.39, 0.29) is 11.9 Å². The first-order chi connectivity index (χ1) is 8.20. The number of carbonyl (C=O) groups excluding carboxylic acids is 1. The van der Waals surface area contributed by atoms with E-state index >= 15 is 0 Å². The zero-order chi connectivity index (χ0) is 12.3. The molecule has 2 rings (SSSR count). The number of rotatable bonds is 5. The largest absolute Gasteiger partial charge is 0.347 e. The van der Waals surface area contributed by atoms with Gasteiger partial charge in [-0.25, -0.2) is 0 Å². The standard InChI is InChI=1S/C13H18N2OS/c1-9-5-6-14-11(7-9)13(10-3-4-10)15-12(16)8-17-2/h5-7,10,13H,3-4,8H2,1-2H3,(H,15,16)/t13-/m1/s1. The molecule has 0 aliphatic heterocycles. The monoisotopic (exact) mass is 250 g/mol. The number of nitrogens with zero attached hydrogens (tertiary/aromatic N) is 1. The molecule has 4 heteroatoms. The van der Waals surface area contributed by atoms with Crippen LogP contribution in [0, 0.1) is 12.8 Å². The molecule has 0 unspecified atom stereocenters. The predicted octanol–water partition coefficient (Wildman–Crippen LogP) is 2.32. The summed E-state index contributed by atoms with van der Waals surface area (Å²) in [5.41, 5.74) is 2.20. The lowest BCUT2D eigenvalue weighted by Crippen LogP contribution is -2.31. The molecular weight excluding hydrogens is 232 g/mol. The third-order valence-corrected chi connectivity index (χ3v) is 3.49.